The first kappa shape index (κ1) is 15.0. The second-order valence-electron chi connectivity index (χ2n) is 4.94. The molecule has 0 radical (unpaired) electrons. The molecule has 20 heavy (non-hydrogen) atoms. The Balaban J connectivity index is 2.29. The van der Waals surface area contributed by atoms with Crippen molar-refractivity contribution in [3.63, 3.8) is 0 Å². The van der Waals surface area contributed by atoms with Gasteiger partial charge in [0.1, 0.15) is 6.04 Å². The average molecular weight is 296 g/mol. The maximum absolute atomic E-state index is 12.6. The second kappa shape index (κ2) is 5.93. The summed E-state index contributed by atoms with van der Waals surface area (Å²) < 4.78 is 26.6. The number of hydrogen-bond acceptors (Lipinski definition) is 3. The van der Waals surface area contributed by atoms with E-state index in [0.717, 1.165) is 6.42 Å². The fourth-order valence-electron chi connectivity index (χ4n) is 2.41. The van der Waals surface area contributed by atoms with E-state index in [-0.39, 0.29) is 10.8 Å². The zero-order chi connectivity index (χ0) is 14.8. The molecule has 1 unspecified atom stereocenters. The molecule has 1 aliphatic heterocycles. The number of carbonyl (C=O) groups excluding carboxylic acids is 1. The highest BCUT2D eigenvalue weighted by Crippen LogP contribution is 2.26. The topological polar surface area (TPSA) is 57.7 Å². The molecule has 1 atom stereocenters. The third-order valence-electron chi connectivity index (χ3n) is 3.69. The molecule has 0 spiro atoms. The molecule has 0 bridgehead atoms. The lowest BCUT2D eigenvalue weighted by Crippen LogP contribution is -2.46. The molecule has 0 saturated carbocycles. The van der Waals surface area contributed by atoms with Crippen molar-refractivity contribution in [1.82, 2.24) is 9.21 Å². The SMILES string of the molecule is CCN(C)C(=O)C1CCCN1S(=O)(=O)c1ccccc1. The highest BCUT2D eigenvalue weighted by Gasteiger charge is 2.40. The Hall–Kier alpha value is -1.40. The van der Waals surface area contributed by atoms with E-state index in [0.29, 0.717) is 19.5 Å². The van der Waals surface area contributed by atoms with Crippen LogP contribution in [0.3, 0.4) is 0 Å². The van der Waals surface area contributed by atoms with E-state index in [9.17, 15) is 13.2 Å². The summed E-state index contributed by atoms with van der Waals surface area (Å²) >= 11 is 0. The Morgan fingerprint density at radius 2 is 2.00 bits per heavy atom. The Morgan fingerprint density at radius 3 is 2.60 bits per heavy atom. The molecule has 2 rings (SSSR count). The molecule has 0 N–H and O–H groups in total. The maximum Gasteiger partial charge on any atom is 0.243 e. The average Bonchev–Trinajstić information content (AvgIpc) is 2.96. The standard InChI is InChI=1S/C14H20N2O3S/c1-3-15(2)14(17)13-10-7-11-16(13)20(18,19)12-8-5-4-6-9-12/h4-6,8-9,13H,3,7,10-11H2,1-2H3. The number of carbonyl (C=O) groups is 1. The van der Waals surface area contributed by atoms with Crippen LogP contribution in [0.15, 0.2) is 35.2 Å². The van der Waals surface area contributed by atoms with Crippen LogP contribution in [0.4, 0.5) is 0 Å². The smallest absolute Gasteiger partial charge is 0.243 e. The van der Waals surface area contributed by atoms with Crippen LogP contribution in [0, 0.1) is 0 Å². The Morgan fingerprint density at radius 1 is 1.35 bits per heavy atom. The van der Waals surface area contributed by atoms with Crippen LogP contribution in [0.5, 0.6) is 0 Å². The van der Waals surface area contributed by atoms with Gasteiger partial charge in [0.05, 0.1) is 4.90 Å². The number of nitrogens with zero attached hydrogens (tertiary/aromatic N) is 2. The van der Waals surface area contributed by atoms with Gasteiger partial charge in [0.2, 0.25) is 15.9 Å². The van der Waals surface area contributed by atoms with Gasteiger partial charge in [-0.05, 0) is 31.9 Å². The molecule has 5 nitrogen and oxygen atoms in total. The van der Waals surface area contributed by atoms with Crippen molar-refractivity contribution in [2.45, 2.75) is 30.7 Å². The van der Waals surface area contributed by atoms with Gasteiger partial charge in [-0.2, -0.15) is 4.31 Å². The maximum atomic E-state index is 12.6. The van der Waals surface area contributed by atoms with E-state index in [1.165, 1.54) is 4.31 Å². The normalized spacial score (nSPS) is 20.0. The summed E-state index contributed by atoms with van der Waals surface area (Å²) in [5.41, 5.74) is 0. The largest absolute Gasteiger partial charge is 0.345 e. The van der Waals surface area contributed by atoms with Gasteiger partial charge in [0, 0.05) is 20.1 Å². The van der Waals surface area contributed by atoms with Crippen molar-refractivity contribution >= 4 is 15.9 Å². The zero-order valence-electron chi connectivity index (χ0n) is 11.8. The lowest BCUT2D eigenvalue weighted by molar-refractivity contribution is -0.133. The number of hydrogen-bond donors (Lipinski definition) is 0. The van der Waals surface area contributed by atoms with Gasteiger partial charge in [0.15, 0.2) is 0 Å². The Kier molecular flexibility index (Phi) is 4.45. The molecule has 6 heteroatoms. The Bertz CT molecular complexity index is 571. The van der Waals surface area contributed by atoms with Gasteiger partial charge >= 0.3 is 0 Å². The van der Waals surface area contributed by atoms with Crippen molar-refractivity contribution in [3.05, 3.63) is 30.3 Å². The summed E-state index contributed by atoms with van der Waals surface area (Å²) in [7, 11) is -1.89. The van der Waals surface area contributed by atoms with Gasteiger partial charge in [-0.1, -0.05) is 18.2 Å². The van der Waals surface area contributed by atoms with E-state index in [1.54, 1.807) is 42.3 Å². The molecule has 0 aliphatic carbocycles. The van der Waals surface area contributed by atoms with Crippen molar-refractivity contribution in [2.75, 3.05) is 20.1 Å². The van der Waals surface area contributed by atoms with Crippen molar-refractivity contribution in [1.29, 1.82) is 0 Å². The third-order valence-corrected chi connectivity index (χ3v) is 5.61. The zero-order valence-corrected chi connectivity index (χ0v) is 12.6. The van der Waals surface area contributed by atoms with Gasteiger partial charge in [-0.25, -0.2) is 8.42 Å². The first-order valence-corrected chi connectivity index (χ1v) is 8.24. The summed E-state index contributed by atoms with van der Waals surface area (Å²) in [6, 6.07) is 7.73. The van der Waals surface area contributed by atoms with Crippen LogP contribution in [0.2, 0.25) is 0 Å². The monoisotopic (exact) mass is 296 g/mol. The van der Waals surface area contributed by atoms with E-state index in [1.807, 2.05) is 6.92 Å². The molecule has 1 aliphatic rings. The first-order chi connectivity index (χ1) is 9.48. The fraction of sp³-hybridized carbons (Fsp3) is 0.500. The van der Waals surface area contributed by atoms with Crippen LogP contribution in [-0.2, 0) is 14.8 Å². The molecule has 0 aromatic heterocycles. The minimum atomic E-state index is -3.59. The number of rotatable bonds is 4. The number of likely N-dealkylation sites (N-methyl/N-ethyl adjacent to an activating group) is 1. The first-order valence-electron chi connectivity index (χ1n) is 6.80. The minimum Gasteiger partial charge on any atom is -0.345 e. The van der Waals surface area contributed by atoms with E-state index >= 15 is 0 Å². The molecular weight excluding hydrogens is 276 g/mol. The molecule has 1 aromatic carbocycles. The summed E-state index contributed by atoms with van der Waals surface area (Å²) in [4.78, 5) is 14.1. The fourth-order valence-corrected chi connectivity index (χ4v) is 4.08. The van der Waals surface area contributed by atoms with E-state index < -0.39 is 16.1 Å². The van der Waals surface area contributed by atoms with Gasteiger partial charge < -0.3 is 4.90 Å². The lowest BCUT2D eigenvalue weighted by Gasteiger charge is -2.26. The Labute approximate surface area is 120 Å². The van der Waals surface area contributed by atoms with Crippen LogP contribution in [0.1, 0.15) is 19.8 Å². The summed E-state index contributed by atoms with van der Waals surface area (Å²) in [5, 5.41) is 0. The van der Waals surface area contributed by atoms with Crippen molar-refractivity contribution in [3.8, 4) is 0 Å². The lowest BCUT2D eigenvalue weighted by atomic mass is 10.2. The predicted molar refractivity (Wildman–Crippen MR) is 76.7 cm³/mol. The summed E-state index contributed by atoms with van der Waals surface area (Å²) in [6.07, 6.45) is 1.31. The predicted octanol–water partition coefficient (Wildman–Crippen LogP) is 1.32. The second-order valence-corrected chi connectivity index (χ2v) is 6.83. The van der Waals surface area contributed by atoms with Crippen LogP contribution in [0.25, 0.3) is 0 Å². The number of amides is 1. The van der Waals surface area contributed by atoms with Gasteiger partial charge in [-0.15, -0.1) is 0 Å². The molecule has 110 valence electrons. The van der Waals surface area contributed by atoms with Gasteiger partial charge in [0.25, 0.3) is 0 Å². The summed E-state index contributed by atoms with van der Waals surface area (Å²) in [5.74, 6) is -0.121. The molecule has 1 aromatic rings. The van der Waals surface area contributed by atoms with Crippen molar-refractivity contribution in [2.24, 2.45) is 0 Å². The molecule has 1 fully saturated rings. The molecular formula is C14H20N2O3S. The van der Waals surface area contributed by atoms with Gasteiger partial charge in [-0.3, -0.25) is 4.79 Å². The quantitative estimate of drug-likeness (QED) is 0.842. The van der Waals surface area contributed by atoms with Crippen molar-refractivity contribution < 1.29 is 13.2 Å². The van der Waals surface area contributed by atoms with E-state index in [2.05, 4.69) is 0 Å². The highest BCUT2D eigenvalue weighted by atomic mass is 32.2. The number of benzene rings is 1. The number of sulfonamides is 1. The molecule has 1 heterocycles. The molecule has 1 saturated heterocycles. The highest BCUT2D eigenvalue weighted by molar-refractivity contribution is 7.89. The van der Waals surface area contributed by atoms with Crippen LogP contribution >= 0.6 is 0 Å². The summed E-state index contributed by atoms with van der Waals surface area (Å²) in [6.45, 7) is 2.86. The minimum absolute atomic E-state index is 0.121. The van der Waals surface area contributed by atoms with E-state index in [4.69, 9.17) is 0 Å². The molecule has 1 amide bonds. The third kappa shape index (κ3) is 2.71. The van der Waals surface area contributed by atoms with Crippen LogP contribution in [-0.4, -0.2) is 49.7 Å². The van der Waals surface area contributed by atoms with Crippen LogP contribution < -0.4 is 0 Å².